The van der Waals surface area contributed by atoms with Gasteiger partial charge < -0.3 is 23.7 Å². The number of hydrogen-bond donors (Lipinski definition) is 0. The Labute approximate surface area is 623 Å². The Hall–Kier alpha value is -2.65. The normalized spacial score (nSPS) is 25.6. The number of ether oxygens (including phenoxy) is 5. The molecular formula is C90H174O10. The summed E-state index contributed by atoms with van der Waals surface area (Å²) in [4.78, 5) is 61.5. The number of carbonyl (C=O) groups excluding carboxylic acids is 5. The van der Waals surface area contributed by atoms with Crippen molar-refractivity contribution in [3.63, 3.8) is 0 Å². The fourth-order valence-electron chi connectivity index (χ4n) is 16.2. The average molecular weight is 1420 g/mol. The Morgan fingerprint density at radius 1 is 0.340 bits per heavy atom. The van der Waals surface area contributed by atoms with Gasteiger partial charge in [0.15, 0.2) is 0 Å². The Bertz CT molecular complexity index is 2260. The van der Waals surface area contributed by atoms with E-state index in [1.807, 2.05) is 159 Å². The summed E-state index contributed by atoms with van der Waals surface area (Å²) in [6, 6.07) is 0. The van der Waals surface area contributed by atoms with Gasteiger partial charge in [0.2, 0.25) is 0 Å². The Morgan fingerprint density at radius 2 is 0.670 bits per heavy atom. The SMILES string of the molecule is CC.CC.CC.CC.CC.CCC(C)(C)C(=O)OC(C)(C)C1CCCCC1.CCC(C)(C)C(=O)OC(C)(C1CCCCC1)C1CCCCC1.CCC(C)(C)C(=O)OC1(C)CC2CCC1(C)C2(C)C.CCC(C)(C)C(=O)OC1(C)CC2CCC1C2.CCC(C)(C)C(=O)OC1(C)CCCCCC1. The molecule has 8 aliphatic carbocycles. The highest BCUT2D eigenvalue weighted by Gasteiger charge is 2.69. The quantitative estimate of drug-likeness (QED) is 0.0742. The summed E-state index contributed by atoms with van der Waals surface area (Å²) < 4.78 is 29.8. The highest BCUT2D eigenvalue weighted by molar-refractivity contribution is 5.78. The van der Waals surface area contributed by atoms with Gasteiger partial charge in [-0.3, -0.25) is 24.0 Å². The number of hydrogen-bond acceptors (Lipinski definition) is 10. The van der Waals surface area contributed by atoms with Crippen molar-refractivity contribution < 1.29 is 47.7 Å². The van der Waals surface area contributed by atoms with Gasteiger partial charge in [0, 0.05) is 5.41 Å². The standard InChI is InChI=1S/C20H36O2.C17H30O2.C15H28O2.C14H24O2.C14H26O2.5C2H6/c1-5-19(2,3)18(21)22-20(4,16-12-8-6-9-13-16)17-14-10-7-11-15-17;1-8-14(2,3)13(18)19-17(7)11-12-9-10-16(17,6)15(12,4)5;1-6-14(2,3)13(16)17-15(4,5)12-10-8-7-9-11-12;1-5-13(2,3)12(15)16-14(4)9-10-6-7-11(14)8-10;1-5-13(2,3)12(15)16-14(4)10-8-6-7-9-11-14;5*1-2/h16-17H,5-15H2,1-4H3;12H,8-11H2,1-7H3;12H,6-11H2,1-5H3;10-11H,5-9H2,1-4H3;5-11H2,1-4H3;5*1-2H3. The molecule has 0 saturated heterocycles. The van der Waals surface area contributed by atoms with Crippen LogP contribution in [-0.2, 0) is 47.7 Å². The van der Waals surface area contributed by atoms with E-state index in [2.05, 4.69) is 76.2 Å². The molecule has 8 aliphatic rings. The van der Waals surface area contributed by atoms with Crippen LogP contribution in [0.15, 0.2) is 0 Å². The maximum absolute atomic E-state index is 12.8. The predicted octanol–water partition coefficient (Wildman–Crippen LogP) is 27.5. The molecule has 100 heavy (non-hydrogen) atoms. The van der Waals surface area contributed by atoms with E-state index in [9.17, 15) is 24.0 Å². The number of fused-ring (bicyclic) bond motifs is 4. The number of rotatable bonds is 18. The van der Waals surface area contributed by atoms with Crippen LogP contribution in [-0.4, -0.2) is 57.9 Å². The van der Waals surface area contributed by atoms with E-state index in [4.69, 9.17) is 23.7 Å². The zero-order chi connectivity index (χ0) is 78.2. The lowest BCUT2D eigenvalue weighted by molar-refractivity contribution is -0.187. The minimum Gasteiger partial charge on any atom is -0.459 e. The van der Waals surface area contributed by atoms with Crippen molar-refractivity contribution in [2.45, 2.75) is 475 Å². The number of carbonyl (C=O) groups is 5. The van der Waals surface area contributed by atoms with Crippen molar-refractivity contribution >= 4 is 29.8 Å². The molecule has 0 aromatic carbocycles. The molecule has 4 bridgehead atoms. The van der Waals surface area contributed by atoms with Gasteiger partial charge in [0.1, 0.15) is 28.0 Å². The first-order valence-electron chi connectivity index (χ1n) is 42.6. The van der Waals surface area contributed by atoms with Crippen molar-refractivity contribution in [3.05, 3.63) is 0 Å². The third kappa shape index (κ3) is 27.6. The molecule has 10 heteroatoms. The molecule has 0 aromatic rings. The van der Waals surface area contributed by atoms with Gasteiger partial charge in [0.05, 0.1) is 27.1 Å². The summed E-state index contributed by atoms with van der Waals surface area (Å²) in [6.45, 7) is 70.0. The molecule has 6 atom stereocenters. The summed E-state index contributed by atoms with van der Waals surface area (Å²) >= 11 is 0. The summed E-state index contributed by atoms with van der Waals surface area (Å²) in [7, 11) is 0. The van der Waals surface area contributed by atoms with Crippen molar-refractivity contribution in [2.75, 3.05) is 0 Å². The van der Waals surface area contributed by atoms with Gasteiger partial charge in [-0.2, -0.15) is 0 Å². The third-order valence-corrected chi connectivity index (χ3v) is 26.8. The minimum absolute atomic E-state index is 0.00921. The van der Waals surface area contributed by atoms with Gasteiger partial charge in [-0.15, -0.1) is 0 Å². The van der Waals surface area contributed by atoms with Crippen LogP contribution >= 0.6 is 0 Å². The fourth-order valence-corrected chi connectivity index (χ4v) is 16.2. The summed E-state index contributed by atoms with van der Waals surface area (Å²) in [5, 5.41) is 0. The topological polar surface area (TPSA) is 132 Å². The van der Waals surface area contributed by atoms with Crippen LogP contribution in [0.5, 0.6) is 0 Å². The molecule has 594 valence electrons. The van der Waals surface area contributed by atoms with E-state index in [0.717, 1.165) is 63.7 Å². The Balaban J connectivity index is 0. The summed E-state index contributed by atoms with van der Waals surface area (Å²) in [5.41, 5.74) is -2.55. The smallest absolute Gasteiger partial charge is 0.312 e. The van der Waals surface area contributed by atoms with Gasteiger partial charge in [-0.25, -0.2) is 0 Å². The molecule has 0 N–H and O–H groups in total. The van der Waals surface area contributed by atoms with E-state index in [0.29, 0.717) is 29.6 Å². The van der Waals surface area contributed by atoms with Gasteiger partial charge in [0.25, 0.3) is 0 Å². The first-order chi connectivity index (χ1) is 46.5. The van der Waals surface area contributed by atoms with E-state index in [1.165, 1.54) is 154 Å². The molecule has 0 aromatic heterocycles. The second kappa shape index (κ2) is 44.5. The lowest BCUT2D eigenvalue weighted by Crippen LogP contribution is -2.49. The first kappa shape index (κ1) is 99.4. The number of esters is 5. The van der Waals surface area contributed by atoms with Crippen molar-refractivity contribution in [2.24, 2.45) is 73.4 Å². The van der Waals surface area contributed by atoms with E-state index >= 15 is 0 Å². The maximum atomic E-state index is 12.8. The van der Waals surface area contributed by atoms with Crippen molar-refractivity contribution in [1.29, 1.82) is 0 Å². The Morgan fingerprint density at radius 3 is 0.990 bits per heavy atom. The molecule has 8 saturated carbocycles. The molecular weight excluding hydrogens is 1240 g/mol. The lowest BCUT2D eigenvalue weighted by atomic mass is 9.65. The zero-order valence-corrected chi connectivity index (χ0v) is 73.4. The van der Waals surface area contributed by atoms with Gasteiger partial charge >= 0.3 is 29.8 Å². The average Bonchev–Trinajstić information content (AvgIpc) is 1.53. The minimum atomic E-state index is -0.370. The van der Waals surface area contributed by atoms with Gasteiger partial charge in [-0.1, -0.05) is 195 Å². The zero-order valence-electron chi connectivity index (χ0n) is 73.4. The van der Waals surface area contributed by atoms with Crippen molar-refractivity contribution in [3.8, 4) is 0 Å². The molecule has 0 aliphatic heterocycles. The molecule has 0 spiro atoms. The summed E-state index contributed by atoms with van der Waals surface area (Å²) in [6.07, 6.45) is 38.8. The highest BCUT2D eigenvalue weighted by Crippen LogP contribution is 2.71. The maximum Gasteiger partial charge on any atom is 0.312 e. The van der Waals surface area contributed by atoms with Crippen LogP contribution in [0.3, 0.4) is 0 Å². The third-order valence-electron chi connectivity index (χ3n) is 26.8. The molecule has 8 rings (SSSR count). The molecule has 0 heterocycles. The van der Waals surface area contributed by atoms with Crippen LogP contribution in [0.4, 0.5) is 0 Å². The lowest BCUT2D eigenvalue weighted by Gasteiger charge is -2.47. The van der Waals surface area contributed by atoms with Crippen LogP contribution in [0.25, 0.3) is 0 Å². The van der Waals surface area contributed by atoms with Crippen LogP contribution in [0.1, 0.15) is 447 Å². The van der Waals surface area contributed by atoms with Crippen LogP contribution < -0.4 is 0 Å². The molecule has 10 nitrogen and oxygen atoms in total. The van der Waals surface area contributed by atoms with Crippen LogP contribution in [0, 0.1) is 73.4 Å². The van der Waals surface area contributed by atoms with Gasteiger partial charge in [-0.05, 0) is 293 Å². The molecule has 6 unspecified atom stereocenters. The Kier molecular flexibility index (Phi) is 44.2. The van der Waals surface area contributed by atoms with E-state index in [-0.39, 0.29) is 95.8 Å². The molecule has 0 amide bonds. The van der Waals surface area contributed by atoms with Crippen molar-refractivity contribution in [1.82, 2.24) is 0 Å². The second-order valence-corrected chi connectivity index (χ2v) is 35.9. The monoisotopic (exact) mass is 1420 g/mol. The summed E-state index contributed by atoms with van der Waals surface area (Å²) in [5.74, 6) is 3.71. The molecule has 0 radical (unpaired) electrons. The first-order valence-corrected chi connectivity index (χ1v) is 42.6. The van der Waals surface area contributed by atoms with E-state index in [1.54, 1.807) is 0 Å². The predicted molar refractivity (Wildman–Crippen MR) is 427 cm³/mol. The molecule has 8 fully saturated rings. The van der Waals surface area contributed by atoms with E-state index < -0.39 is 0 Å². The fraction of sp³-hybridized carbons (Fsp3) is 0.944. The largest absolute Gasteiger partial charge is 0.459 e. The second-order valence-electron chi connectivity index (χ2n) is 35.9. The highest BCUT2D eigenvalue weighted by atomic mass is 16.6. The van der Waals surface area contributed by atoms with Crippen LogP contribution in [0.2, 0.25) is 0 Å².